The van der Waals surface area contributed by atoms with E-state index in [0.717, 1.165) is 28.3 Å². The van der Waals surface area contributed by atoms with Gasteiger partial charge in [0.15, 0.2) is 11.5 Å². The molecule has 152 valence electrons. The average Bonchev–Trinajstić information content (AvgIpc) is 3.03. The van der Waals surface area contributed by atoms with Crippen LogP contribution in [0.5, 0.6) is 0 Å². The zero-order valence-electron chi connectivity index (χ0n) is 17.0. The molecule has 0 fully saturated rings. The normalized spacial score (nSPS) is 16.5. The van der Waals surface area contributed by atoms with E-state index in [9.17, 15) is 14.7 Å². The minimum atomic E-state index is -0.563. The molecular weight excluding hydrogens is 374 g/mol. The summed E-state index contributed by atoms with van der Waals surface area (Å²) in [4.78, 5) is 27.7. The number of nitrogens with zero attached hydrogens (tertiary/aromatic N) is 1. The number of ketones is 1. The van der Waals surface area contributed by atoms with E-state index in [4.69, 9.17) is 0 Å². The molecule has 4 nitrogen and oxygen atoms in total. The summed E-state index contributed by atoms with van der Waals surface area (Å²) in [6.07, 6.45) is 1.56. The fourth-order valence-corrected chi connectivity index (χ4v) is 4.26. The van der Waals surface area contributed by atoms with Gasteiger partial charge in [0, 0.05) is 13.0 Å². The second-order valence-electron chi connectivity index (χ2n) is 7.64. The lowest BCUT2D eigenvalue weighted by molar-refractivity contribution is -0.129. The molecule has 0 bridgehead atoms. The summed E-state index contributed by atoms with van der Waals surface area (Å²) in [6.45, 7) is 2.46. The molecule has 1 N–H and O–H groups in total. The van der Waals surface area contributed by atoms with Crippen molar-refractivity contribution in [3.63, 3.8) is 0 Å². The van der Waals surface area contributed by atoms with Crippen molar-refractivity contribution in [1.29, 1.82) is 0 Å². The summed E-state index contributed by atoms with van der Waals surface area (Å²) in [5.74, 6) is -1.04. The van der Waals surface area contributed by atoms with E-state index in [0.29, 0.717) is 13.0 Å². The van der Waals surface area contributed by atoms with Crippen LogP contribution in [0.1, 0.15) is 36.9 Å². The minimum absolute atomic E-state index is 0.179. The van der Waals surface area contributed by atoms with E-state index in [2.05, 4.69) is 0 Å². The topological polar surface area (TPSA) is 57.6 Å². The number of aliphatic hydroxyl groups is 1. The fraction of sp³-hybridized carbons (Fsp3) is 0.231. The van der Waals surface area contributed by atoms with Gasteiger partial charge in [-0.25, -0.2) is 0 Å². The number of hydrogen-bond acceptors (Lipinski definition) is 3. The Morgan fingerprint density at radius 1 is 0.967 bits per heavy atom. The van der Waals surface area contributed by atoms with Gasteiger partial charge in [0.25, 0.3) is 5.91 Å². The van der Waals surface area contributed by atoms with Crippen LogP contribution in [0, 0.1) is 0 Å². The van der Waals surface area contributed by atoms with E-state index in [1.165, 1.54) is 0 Å². The fourth-order valence-electron chi connectivity index (χ4n) is 4.26. The van der Waals surface area contributed by atoms with Crippen molar-refractivity contribution in [3.8, 4) is 0 Å². The maximum Gasteiger partial charge on any atom is 0.290 e. The van der Waals surface area contributed by atoms with Gasteiger partial charge in [-0.05, 0) is 34.7 Å². The monoisotopic (exact) mass is 399 g/mol. The molecule has 1 unspecified atom stereocenters. The molecule has 1 amide bonds. The summed E-state index contributed by atoms with van der Waals surface area (Å²) in [6, 6.07) is 23.1. The third-order valence-corrected chi connectivity index (χ3v) is 5.67. The van der Waals surface area contributed by atoms with Crippen LogP contribution in [0.3, 0.4) is 0 Å². The first-order chi connectivity index (χ1) is 14.6. The Hall–Kier alpha value is -3.40. The molecule has 0 saturated carbocycles. The highest BCUT2D eigenvalue weighted by Gasteiger charge is 2.43. The average molecular weight is 399 g/mol. The molecule has 0 spiro atoms. The molecule has 0 aromatic heterocycles. The van der Waals surface area contributed by atoms with Crippen LogP contribution in [-0.2, 0) is 16.0 Å². The van der Waals surface area contributed by atoms with E-state index in [1.54, 1.807) is 4.90 Å². The van der Waals surface area contributed by atoms with E-state index < -0.39 is 17.7 Å². The molecule has 3 aromatic carbocycles. The van der Waals surface area contributed by atoms with Gasteiger partial charge in [-0.2, -0.15) is 0 Å². The van der Waals surface area contributed by atoms with Crippen molar-refractivity contribution in [3.05, 3.63) is 95.3 Å². The van der Waals surface area contributed by atoms with Gasteiger partial charge in [0.1, 0.15) is 0 Å². The number of rotatable bonds is 7. The maximum atomic E-state index is 13.2. The summed E-state index contributed by atoms with van der Waals surface area (Å²) in [7, 11) is 0. The summed E-state index contributed by atoms with van der Waals surface area (Å²) in [5.41, 5.74) is 2.16. The predicted octanol–water partition coefficient (Wildman–Crippen LogP) is 5.15. The van der Waals surface area contributed by atoms with Gasteiger partial charge < -0.3 is 10.0 Å². The van der Waals surface area contributed by atoms with Crippen LogP contribution >= 0.6 is 0 Å². The lowest BCUT2D eigenvalue weighted by Crippen LogP contribution is -2.32. The van der Waals surface area contributed by atoms with E-state index in [1.807, 2.05) is 79.7 Å². The maximum absolute atomic E-state index is 13.2. The number of fused-ring (bicyclic) bond motifs is 1. The molecule has 1 aliphatic heterocycles. The Morgan fingerprint density at radius 2 is 1.67 bits per heavy atom. The van der Waals surface area contributed by atoms with E-state index in [-0.39, 0.29) is 17.8 Å². The first-order valence-corrected chi connectivity index (χ1v) is 10.4. The Bertz CT molecular complexity index is 1110. The predicted molar refractivity (Wildman–Crippen MR) is 118 cm³/mol. The highest BCUT2D eigenvalue weighted by Crippen LogP contribution is 2.41. The number of amides is 1. The Morgan fingerprint density at radius 3 is 2.43 bits per heavy atom. The SMILES string of the molecule is CCCN1C(=O)C(O)=C(C(=O)CCc2ccccc2)C1c1cccc2ccccc12. The highest BCUT2D eigenvalue weighted by molar-refractivity contribution is 6.09. The van der Waals surface area contributed by atoms with Gasteiger partial charge >= 0.3 is 0 Å². The van der Waals surface area contributed by atoms with Gasteiger partial charge in [-0.15, -0.1) is 0 Å². The smallest absolute Gasteiger partial charge is 0.290 e. The van der Waals surface area contributed by atoms with Crippen LogP contribution < -0.4 is 0 Å². The van der Waals surface area contributed by atoms with Crippen molar-refractivity contribution < 1.29 is 14.7 Å². The quantitative estimate of drug-likeness (QED) is 0.598. The number of carbonyl (C=O) groups excluding carboxylic acids is 2. The second-order valence-corrected chi connectivity index (χ2v) is 7.64. The number of hydrogen-bond donors (Lipinski definition) is 1. The van der Waals surface area contributed by atoms with Crippen molar-refractivity contribution in [2.45, 2.75) is 32.2 Å². The minimum Gasteiger partial charge on any atom is -0.503 e. The molecule has 0 saturated heterocycles. The van der Waals surface area contributed by atoms with Crippen molar-refractivity contribution in [1.82, 2.24) is 4.90 Å². The number of benzene rings is 3. The van der Waals surface area contributed by atoms with Gasteiger partial charge in [0.05, 0.1) is 11.6 Å². The zero-order chi connectivity index (χ0) is 21.1. The summed E-state index contributed by atoms with van der Waals surface area (Å²) >= 11 is 0. The molecule has 30 heavy (non-hydrogen) atoms. The van der Waals surface area contributed by atoms with Crippen LogP contribution in [0.2, 0.25) is 0 Å². The third-order valence-electron chi connectivity index (χ3n) is 5.67. The molecule has 1 atom stereocenters. The molecule has 1 aliphatic rings. The van der Waals surface area contributed by atoms with Crippen LogP contribution in [0.15, 0.2) is 84.1 Å². The molecule has 1 heterocycles. The number of Topliss-reactive ketones (excluding diaryl/α,β-unsaturated/α-hetero) is 1. The third kappa shape index (κ3) is 3.61. The van der Waals surface area contributed by atoms with Crippen molar-refractivity contribution in [2.24, 2.45) is 0 Å². The molecule has 4 rings (SSSR count). The standard InChI is InChI=1S/C26H25NO3/c1-2-17-27-24(21-14-8-12-19-11-6-7-13-20(19)21)23(25(29)26(27)30)22(28)16-15-18-9-4-3-5-10-18/h3-14,24,29H,2,15-17H2,1H3. The number of carbonyl (C=O) groups is 2. The van der Waals surface area contributed by atoms with Gasteiger partial charge in [0.2, 0.25) is 0 Å². The molecule has 0 radical (unpaired) electrons. The highest BCUT2D eigenvalue weighted by atomic mass is 16.3. The summed E-state index contributed by atoms with van der Waals surface area (Å²) in [5, 5.41) is 12.7. The van der Waals surface area contributed by atoms with Crippen molar-refractivity contribution in [2.75, 3.05) is 6.54 Å². The zero-order valence-corrected chi connectivity index (χ0v) is 17.0. The molecule has 3 aromatic rings. The summed E-state index contributed by atoms with van der Waals surface area (Å²) < 4.78 is 0. The van der Waals surface area contributed by atoms with Crippen molar-refractivity contribution >= 4 is 22.5 Å². The van der Waals surface area contributed by atoms with Gasteiger partial charge in [-0.3, -0.25) is 9.59 Å². The molecule has 4 heteroatoms. The second kappa shape index (κ2) is 8.54. The lowest BCUT2D eigenvalue weighted by Gasteiger charge is -2.27. The number of aryl methyl sites for hydroxylation is 1. The Balaban J connectivity index is 1.74. The first kappa shape index (κ1) is 19.9. The number of aliphatic hydroxyl groups excluding tert-OH is 1. The van der Waals surface area contributed by atoms with Crippen LogP contribution in [0.4, 0.5) is 0 Å². The lowest BCUT2D eigenvalue weighted by atomic mass is 9.90. The largest absolute Gasteiger partial charge is 0.503 e. The first-order valence-electron chi connectivity index (χ1n) is 10.4. The molecular formula is C26H25NO3. The van der Waals surface area contributed by atoms with Crippen LogP contribution in [0.25, 0.3) is 10.8 Å². The van der Waals surface area contributed by atoms with Crippen LogP contribution in [-0.4, -0.2) is 28.2 Å². The van der Waals surface area contributed by atoms with Gasteiger partial charge in [-0.1, -0.05) is 79.7 Å². The Labute approximate surface area is 176 Å². The van der Waals surface area contributed by atoms with E-state index >= 15 is 0 Å². The Kier molecular flexibility index (Phi) is 5.66. The molecule has 0 aliphatic carbocycles.